The number of aromatic nitrogens is 2. The molecule has 15 heteroatoms. The molecule has 2 aliphatic rings. The van der Waals surface area contributed by atoms with Gasteiger partial charge < -0.3 is 29.2 Å². The van der Waals surface area contributed by atoms with E-state index in [1.165, 1.54) is 28.4 Å². The van der Waals surface area contributed by atoms with E-state index in [0.717, 1.165) is 11.3 Å². The Morgan fingerprint density at radius 1 is 1.23 bits per heavy atom. The monoisotopic (exact) mass is 683 g/mol. The third kappa shape index (κ3) is 10.4. The first-order valence-corrected chi connectivity index (χ1v) is 16.6. The molecule has 2 aliphatic heterocycles. The number of Topliss-reactive ketones (excluding diaryl/α,β-unsaturated/α-hetero) is 1. The van der Waals surface area contributed by atoms with Gasteiger partial charge in [0, 0.05) is 36.7 Å². The third-order valence-electron chi connectivity index (χ3n) is 7.78. The van der Waals surface area contributed by atoms with E-state index in [9.17, 15) is 29.1 Å². The van der Waals surface area contributed by atoms with E-state index in [0.29, 0.717) is 24.2 Å². The van der Waals surface area contributed by atoms with Crippen LogP contribution in [0.25, 0.3) is 0 Å². The van der Waals surface area contributed by atoms with Gasteiger partial charge in [0.1, 0.15) is 30.0 Å². The first-order valence-electron chi connectivity index (χ1n) is 15.7. The Balaban J connectivity index is 1.54. The number of amides is 3. The van der Waals surface area contributed by atoms with Crippen molar-refractivity contribution in [2.24, 2.45) is 11.8 Å². The maximum atomic E-state index is 13.6. The summed E-state index contributed by atoms with van der Waals surface area (Å²) in [5.41, 5.74) is 0.631. The van der Waals surface area contributed by atoms with E-state index in [1.54, 1.807) is 44.4 Å². The Morgan fingerprint density at radius 2 is 2.02 bits per heavy atom. The number of oxazole rings is 1. The number of hydrogen-bond acceptors (Lipinski definition) is 12. The Bertz CT molecular complexity index is 1580. The number of ether oxygens (including phenoxy) is 2. The maximum Gasteiger partial charge on any atom is 0.412 e. The number of aryl methyl sites for hydroxylation is 1. The molecule has 0 aliphatic carbocycles. The summed E-state index contributed by atoms with van der Waals surface area (Å²) in [6.07, 6.45) is 6.91. The van der Waals surface area contributed by atoms with Gasteiger partial charge >= 0.3 is 12.1 Å². The van der Waals surface area contributed by atoms with Crippen LogP contribution in [0.3, 0.4) is 0 Å². The van der Waals surface area contributed by atoms with Crippen molar-refractivity contribution in [2.45, 2.75) is 71.6 Å². The maximum absolute atomic E-state index is 13.6. The van der Waals surface area contributed by atoms with Crippen molar-refractivity contribution in [3.8, 4) is 0 Å². The zero-order valence-electron chi connectivity index (χ0n) is 27.3. The number of aliphatic hydroxyl groups excluding tert-OH is 1. The molecule has 0 radical (unpaired) electrons. The minimum Gasteiger partial charge on any atom is -0.460 e. The number of ketones is 1. The van der Waals surface area contributed by atoms with Gasteiger partial charge in [-0.15, -0.1) is 11.3 Å². The SMILES string of the molecule is CC1=C[C@@H](O)CC(=O)Cc2nc(co2)C(=O)N2CCC[C@@H]2C(=O)O[C@H]([C@H](C)COC(=O)Nc2csc(C)n2)[C@H](C)/C=C/C(=O)NCC=C1. The van der Waals surface area contributed by atoms with Crippen LogP contribution in [0.5, 0.6) is 0 Å². The Kier molecular flexibility index (Phi) is 12.8. The first-order chi connectivity index (χ1) is 22.9. The molecule has 0 saturated carbocycles. The topological polar surface area (TPSA) is 190 Å². The molecule has 3 N–H and O–H groups in total. The van der Waals surface area contributed by atoms with Crippen LogP contribution >= 0.6 is 11.3 Å². The van der Waals surface area contributed by atoms with Crippen molar-refractivity contribution < 1.29 is 43.0 Å². The van der Waals surface area contributed by atoms with Gasteiger partial charge in [0.2, 0.25) is 11.8 Å². The van der Waals surface area contributed by atoms with E-state index in [2.05, 4.69) is 20.6 Å². The summed E-state index contributed by atoms with van der Waals surface area (Å²) in [5, 5.41) is 18.1. The largest absolute Gasteiger partial charge is 0.460 e. The van der Waals surface area contributed by atoms with Crippen molar-refractivity contribution in [1.82, 2.24) is 20.2 Å². The van der Waals surface area contributed by atoms with Crippen molar-refractivity contribution in [3.05, 3.63) is 64.2 Å². The van der Waals surface area contributed by atoms with Gasteiger partial charge in [-0.3, -0.25) is 19.7 Å². The van der Waals surface area contributed by atoms with Gasteiger partial charge in [-0.25, -0.2) is 19.6 Å². The number of carbonyl (C=O) groups is 5. The van der Waals surface area contributed by atoms with E-state index < -0.39 is 48.1 Å². The van der Waals surface area contributed by atoms with Crippen LogP contribution in [0.2, 0.25) is 0 Å². The molecule has 4 rings (SSSR count). The van der Waals surface area contributed by atoms with Crippen molar-refractivity contribution in [2.75, 3.05) is 25.0 Å². The molecule has 2 aromatic heterocycles. The molecular formula is C33H41N5O9S. The number of esters is 1. The fourth-order valence-electron chi connectivity index (χ4n) is 5.41. The summed E-state index contributed by atoms with van der Waals surface area (Å²) < 4.78 is 16.8. The molecule has 1 fully saturated rings. The highest BCUT2D eigenvalue weighted by atomic mass is 32.1. The molecule has 2 bridgehead atoms. The van der Waals surface area contributed by atoms with Crippen molar-refractivity contribution in [1.29, 1.82) is 0 Å². The Labute approximate surface area is 282 Å². The van der Waals surface area contributed by atoms with Crippen LogP contribution in [-0.4, -0.2) is 87.6 Å². The van der Waals surface area contributed by atoms with E-state index in [4.69, 9.17) is 13.9 Å². The number of cyclic esters (lactones) is 1. The van der Waals surface area contributed by atoms with Crippen molar-refractivity contribution >= 4 is 46.8 Å². The Morgan fingerprint density at radius 3 is 2.77 bits per heavy atom. The fraction of sp³-hybridized carbons (Fsp3) is 0.485. The first kappa shape index (κ1) is 36.2. The lowest BCUT2D eigenvalue weighted by Gasteiger charge is -2.30. The minimum atomic E-state index is -1.05. The zero-order valence-corrected chi connectivity index (χ0v) is 28.2. The van der Waals surface area contributed by atoms with Crippen LogP contribution < -0.4 is 10.6 Å². The lowest BCUT2D eigenvalue weighted by Crippen LogP contribution is -2.44. The number of anilines is 1. The second-order valence-corrected chi connectivity index (χ2v) is 13.0. The van der Waals surface area contributed by atoms with Crippen LogP contribution in [0, 0.1) is 18.8 Å². The molecule has 0 unspecified atom stereocenters. The number of nitrogens with one attached hydrogen (secondary N) is 2. The Hall–Kier alpha value is -4.63. The zero-order chi connectivity index (χ0) is 34.8. The lowest BCUT2D eigenvalue weighted by molar-refractivity contribution is -0.159. The average molecular weight is 684 g/mol. The highest BCUT2D eigenvalue weighted by Crippen LogP contribution is 2.26. The van der Waals surface area contributed by atoms with Crippen LogP contribution in [0.15, 0.2) is 52.0 Å². The molecule has 14 nitrogen and oxygen atoms in total. The van der Waals surface area contributed by atoms with E-state index in [-0.39, 0.29) is 55.8 Å². The number of carbonyl (C=O) groups excluding carboxylic acids is 5. The molecule has 4 heterocycles. The second kappa shape index (κ2) is 17.0. The molecular weight excluding hydrogens is 642 g/mol. The second-order valence-electron chi connectivity index (χ2n) is 11.9. The van der Waals surface area contributed by atoms with E-state index in [1.807, 2.05) is 6.92 Å². The molecule has 0 spiro atoms. The normalized spacial score (nSPS) is 24.6. The van der Waals surface area contributed by atoms with Crippen LogP contribution in [0.4, 0.5) is 10.6 Å². The number of thiazole rings is 1. The van der Waals surface area contributed by atoms with Crippen LogP contribution in [-0.2, 0) is 30.3 Å². The summed E-state index contributed by atoms with van der Waals surface area (Å²) in [7, 11) is 0. The van der Waals surface area contributed by atoms with Gasteiger partial charge in [0.05, 0.1) is 24.1 Å². The molecule has 258 valence electrons. The number of allylic oxidation sites excluding steroid dienone is 2. The van der Waals surface area contributed by atoms with E-state index >= 15 is 0 Å². The molecule has 0 aromatic carbocycles. The van der Waals surface area contributed by atoms with Gasteiger partial charge in [0.15, 0.2) is 5.69 Å². The predicted octanol–water partition coefficient (Wildman–Crippen LogP) is 3.53. The highest BCUT2D eigenvalue weighted by molar-refractivity contribution is 7.09. The van der Waals surface area contributed by atoms with Gasteiger partial charge in [-0.2, -0.15) is 0 Å². The fourth-order valence-corrected chi connectivity index (χ4v) is 5.96. The van der Waals surface area contributed by atoms with Gasteiger partial charge in [0.25, 0.3) is 5.91 Å². The van der Waals surface area contributed by atoms with Gasteiger partial charge in [-0.1, -0.05) is 43.7 Å². The summed E-state index contributed by atoms with van der Waals surface area (Å²) in [6.45, 7) is 7.45. The molecule has 5 atom stereocenters. The lowest BCUT2D eigenvalue weighted by atomic mass is 9.93. The summed E-state index contributed by atoms with van der Waals surface area (Å²) >= 11 is 1.38. The summed E-state index contributed by atoms with van der Waals surface area (Å²) in [4.78, 5) is 74.3. The molecule has 48 heavy (non-hydrogen) atoms. The average Bonchev–Trinajstić information content (AvgIpc) is 3.80. The van der Waals surface area contributed by atoms with Gasteiger partial charge in [-0.05, 0) is 32.8 Å². The van der Waals surface area contributed by atoms with Crippen LogP contribution in [0.1, 0.15) is 61.4 Å². The summed E-state index contributed by atoms with van der Waals surface area (Å²) in [6, 6.07) is -0.913. The smallest absolute Gasteiger partial charge is 0.412 e. The number of aliphatic hydroxyl groups is 1. The number of rotatable bonds is 4. The number of fused-ring (bicyclic) bond motifs is 3. The molecule has 1 saturated heterocycles. The quantitative estimate of drug-likeness (QED) is 0.400. The number of hydrogen-bond donors (Lipinski definition) is 3. The third-order valence-corrected chi connectivity index (χ3v) is 8.55. The standard InChI is InChI=1S/C33H41N5O9S/c1-19-7-5-11-34-28(41)10-9-20(2)30(21(3)16-46-33(44)37-27-18-48-22(4)35-27)47-32(43)26-8-6-12-38(26)31(42)25-17-45-29(36-25)15-24(40)14-23(39)13-19/h5,7,9-10,13,17-18,20-21,23,26,30,39H,6,8,11-12,14-16H2,1-4H3,(H,34,41)(H,37,44)/b7-5?,10-9+,19-13?/t20-,21-,23-,26-,30+/m1/s1. The number of nitrogens with zero attached hydrogens (tertiary/aromatic N) is 3. The van der Waals surface area contributed by atoms with Crippen molar-refractivity contribution in [3.63, 3.8) is 0 Å². The predicted molar refractivity (Wildman–Crippen MR) is 175 cm³/mol. The summed E-state index contributed by atoms with van der Waals surface area (Å²) in [5.74, 6) is -2.54. The minimum absolute atomic E-state index is 0.0204. The molecule has 2 aromatic rings. The highest BCUT2D eigenvalue weighted by Gasteiger charge is 2.39. The molecule has 3 amide bonds.